The van der Waals surface area contributed by atoms with E-state index in [1.807, 2.05) is 0 Å². The number of carbonyl (C=O) groups excluding carboxylic acids is 2. The van der Waals surface area contributed by atoms with Gasteiger partial charge in [-0.1, -0.05) is 13.0 Å². The topological polar surface area (TPSA) is 85.3 Å². The van der Waals surface area contributed by atoms with Crippen LogP contribution in [0.15, 0.2) is 24.3 Å². The maximum atomic E-state index is 12.4. The lowest BCUT2D eigenvalue weighted by molar-refractivity contribution is -0.146. The number of rotatable bonds is 9. The molecular weight excluding hydrogens is 326 g/mol. The number of aliphatic hydroxyl groups is 1. The van der Waals surface area contributed by atoms with E-state index < -0.39 is 11.9 Å². The summed E-state index contributed by atoms with van der Waals surface area (Å²) < 4.78 is 15.1. The number of hydrogen-bond acceptors (Lipinski definition) is 6. The molecule has 0 aliphatic rings. The lowest BCUT2D eigenvalue weighted by Gasteiger charge is -2.22. The third kappa shape index (κ3) is 6.11. The van der Waals surface area contributed by atoms with Crippen molar-refractivity contribution in [3.05, 3.63) is 29.8 Å². The number of esters is 1. The van der Waals surface area contributed by atoms with Crippen LogP contribution in [0.3, 0.4) is 0 Å². The van der Waals surface area contributed by atoms with E-state index in [1.54, 1.807) is 38.3 Å². The number of benzene rings is 1. The highest BCUT2D eigenvalue weighted by atomic mass is 16.5. The largest absolute Gasteiger partial charge is 0.493 e. The van der Waals surface area contributed by atoms with Crippen LogP contribution in [-0.4, -0.2) is 62.9 Å². The van der Waals surface area contributed by atoms with Crippen LogP contribution in [0, 0.1) is 5.92 Å². The smallest absolute Gasteiger partial charge is 0.310 e. The summed E-state index contributed by atoms with van der Waals surface area (Å²) in [4.78, 5) is 25.3. The van der Waals surface area contributed by atoms with Gasteiger partial charge in [0.1, 0.15) is 0 Å². The number of nitrogens with zero attached hydrogens (tertiary/aromatic N) is 1. The van der Waals surface area contributed by atoms with Crippen LogP contribution >= 0.6 is 0 Å². The summed E-state index contributed by atoms with van der Waals surface area (Å²) in [7, 11) is 4.38. The molecule has 1 N–H and O–H groups in total. The Morgan fingerprint density at radius 3 is 2.44 bits per heavy atom. The Morgan fingerprint density at radius 2 is 1.88 bits per heavy atom. The van der Waals surface area contributed by atoms with E-state index in [-0.39, 0.29) is 25.6 Å². The van der Waals surface area contributed by atoms with Crippen LogP contribution in [0.1, 0.15) is 12.5 Å². The average molecular weight is 351 g/mol. The Bertz CT molecular complexity index is 614. The molecule has 7 heteroatoms. The molecule has 0 bridgehead atoms. The monoisotopic (exact) mass is 351 g/mol. The van der Waals surface area contributed by atoms with E-state index in [2.05, 4.69) is 4.74 Å². The Balaban J connectivity index is 2.85. The number of aliphatic hydroxyl groups excluding tert-OH is 1. The lowest BCUT2D eigenvalue weighted by atomic mass is 10.1. The quantitative estimate of drug-likeness (QED) is 0.534. The first kappa shape index (κ1) is 20.5. The van der Waals surface area contributed by atoms with Gasteiger partial charge in [0.2, 0.25) is 5.91 Å². The van der Waals surface area contributed by atoms with Crippen molar-refractivity contribution in [1.82, 2.24) is 4.90 Å². The summed E-state index contributed by atoms with van der Waals surface area (Å²) in [5.41, 5.74) is 0.760. The van der Waals surface area contributed by atoms with E-state index in [0.717, 1.165) is 5.56 Å². The molecule has 0 aliphatic heterocycles. The van der Waals surface area contributed by atoms with Gasteiger partial charge in [-0.3, -0.25) is 9.59 Å². The van der Waals surface area contributed by atoms with Crippen molar-refractivity contribution in [2.75, 3.05) is 41.0 Å². The summed E-state index contributed by atoms with van der Waals surface area (Å²) >= 11 is 0. The van der Waals surface area contributed by atoms with Gasteiger partial charge in [-0.25, -0.2) is 0 Å². The molecule has 1 amide bonds. The Labute approximate surface area is 147 Å². The van der Waals surface area contributed by atoms with E-state index in [4.69, 9.17) is 14.6 Å². The van der Waals surface area contributed by atoms with Gasteiger partial charge in [0.15, 0.2) is 11.5 Å². The second-order valence-corrected chi connectivity index (χ2v) is 5.38. The van der Waals surface area contributed by atoms with Crippen molar-refractivity contribution >= 4 is 18.0 Å². The van der Waals surface area contributed by atoms with Crippen molar-refractivity contribution < 1.29 is 28.9 Å². The summed E-state index contributed by atoms with van der Waals surface area (Å²) in [6.07, 6.45) is 3.03. The molecule has 0 saturated carbocycles. The van der Waals surface area contributed by atoms with E-state index >= 15 is 0 Å². The minimum atomic E-state index is -0.477. The van der Waals surface area contributed by atoms with Crippen molar-refractivity contribution in [3.8, 4) is 11.5 Å². The van der Waals surface area contributed by atoms with Gasteiger partial charge < -0.3 is 24.2 Å². The van der Waals surface area contributed by atoms with Gasteiger partial charge >= 0.3 is 5.97 Å². The van der Waals surface area contributed by atoms with Crippen molar-refractivity contribution in [1.29, 1.82) is 0 Å². The number of methoxy groups -OCH3 is 3. The first-order chi connectivity index (χ1) is 12.0. The summed E-state index contributed by atoms with van der Waals surface area (Å²) in [6.45, 7) is 1.78. The molecule has 0 aromatic heterocycles. The lowest BCUT2D eigenvalue weighted by Crippen LogP contribution is -2.38. The predicted octanol–water partition coefficient (Wildman–Crippen LogP) is 1.35. The van der Waals surface area contributed by atoms with Crippen molar-refractivity contribution in [2.45, 2.75) is 6.92 Å². The van der Waals surface area contributed by atoms with Gasteiger partial charge in [0.05, 0.1) is 33.9 Å². The molecule has 0 aliphatic carbocycles. The number of carbonyl (C=O) groups is 2. The third-order valence-corrected chi connectivity index (χ3v) is 3.61. The van der Waals surface area contributed by atoms with E-state index in [1.165, 1.54) is 25.2 Å². The Hall–Kier alpha value is -2.54. The second-order valence-electron chi connectivity index (χ2n) is 5.38. The SMILES string of the molecule is COC(=O)C(C)CN(CCO)C(=O)/C=C/c1ccc(OC)c(OC)c1. The summed E-state index contributed by atoms with van der Waals surface area (Å²) in [5, 5.41) is 9.14. The van der Waals surface area contributed by atoms with Crippen LogP contribution < -0.4 is 9.47 Å². The molecular formula is C18H25NO6. The summed E-state index contributed by atoms with van der Waals surface area (Å²) in [5.74, 6) is -0.0300. The van der Waals surface area contributed by atoms with Gasteiger partial charge in [-0.05, 0) is 23.8 Å². The highest BCUT2D eigenvalue weighted by molar-refractivity contribution is 5.92. The third-order valence-electron chi connectivity index (χ3n) is 3.61. The zero-order valence-corrected chi connectivity index (χ0v) is 15.0. The van der Waals surface area contributed by atoms with Crippen molar-refractivity contribution in [2.24, 2.45) is 5.92 Å². The highest BCUT2D eigenvalue weighted by Crippen LogP contribution is 2.27. The van der Waals surface area contributed by atoms with Crippen LogP contribution in [-0.2, 0) is 14.3 Å². The molecule has 25 heavy (non-hydrogen) atoms. The fraction of sp³-hybridized carbons (Fsp3) is 0.444. The molecule has 0 heterocycles. The van der Waals surface area contributed by atoms with Crippen LogP contribution in [0.25, 0.3) is 6.08 Å². The zero-order chi connectivity index (χ0) is 18.8. The van der Waals surface area contributed by atoms with Gasteiger partial charge in [0, 0.05) is 19.2 Å². The van der Waals surface area contributed by atoms with E-state index in [9.17, 15) is 9.59 Å². The second kappa shape index (κ2) is 10.4. The molecule has 7 nitrogen and oxygen atoms in total. The first-order valence-corrected chi connectivity index (χ1v) is 7.84. The van der Waals surface area contributed by atoms with Crippen LogP contribution in [0.2, 0.25) is 0 Å². The molecule has 1 atom stereocenters. The Kier molecular flexibility index (Phi) is 8.49. The maximum Gasteiger partial charge on any atom is 0.310 e. The molecule has 0 fully saturated rings. The maximum absolute atomic E-state index is 12.4. The summed E-state index contributed by atoms with van der Waals surface area (Å²) in [6, 6.07) is 5.28. The first-order valence-electron chi connectivity index (χ1n) is 7.84. The average Bonchev–Trinajstić information content (AvgIpc) is 2.64. The Morgan fingerprint density at radius 1 is 1.20 bits per heavy atom. The minimum absolute atomic E-state index is 0.135. The molecule has 1 unspecified atom stereocenters. The highest BCUT2D eigenvalue weighted by Gasteiger charge is 2.19. The van der Waals surface area contributed by atoms with Crippen molar-refractivity contribution in [3.63, 3.8) is 0 Å². The molecule has 1 aromatic rings. The van der Waals surface area contributed by atoms with Gasteiger partial charge in [0.25, 0.3) is 0 Å². The normalized spacial score (nSPS) is 11.9. The zero-order valence-electron chi connectivity index (χ0n) is 15.0. The number of ether oxygens (including phenoxy) is 3. The van der Waals surface area contributed by atoms with E-state index in [0.29, 0.717) is 11.5 Å². The molecule has 0 saturated heterocycles. The van der Waals surface area contributed by atoms with Crippen LogP contribution in [0.5, 0.6) is 11.5 Å². The van der Waals surface area contributed by atoms with Crippen LogP contribution in [0.4, 0.5) is 0 Å². The molecule has 1 aromatic carbocycles. The molecule has 138 valence electrons. The number of amides is 1. The fourth-order valence-electron chi connectivity index (χ4n) is 2.25. The van der Waals surface area contributed by atoms with Gasteiger partial charge in [-0.15, -0.1) is 0 Å². The molecule has 0 spiro atoms. The standard InChI is InChI=1S/C18H25NO6/c1-13(18(22)25-4)12-19(9-10-20)17(21)8-6-14-5-7-15(23-2)16(11-14)24-3/h5-8,11,13,20H,9-10,12H2,1-4H3/b8-6+. The molecule has 1 rings (SSSR count). The predicted molar refractivity (Wildman–Crippen MR) is 93.4 cm³/mol. The minimum Gasteiger partial charge on any atom is -0.493 e. The number of hydrogen-bond donors (Lipinski definition) is 1. The molecule has 0 radical (unpaired) electrons. The van der Waals surface area contributed by atoms with Gasteiger partial charge in [-0.2, -0.15) is 0 Å². The fourth-order valence-corrected chi connectivity index (χ4v) is 2.25.